The summed E-state index contributed by atoms with van der Waals surface area (Å²) in [6.07, 6.45) is 0.604. The van der Waals surface area contributed by atoms with Gasteiger partial charge in [0.1, 0.15) is 29.8 Å². The summed E-state index contributed by atoms with van der Waals surface area (Å²) in [5, 5.41) is 9.79. The van der Waals surface area contributed by atoms with Crippen LogP contribution in [0.2, 0.25) is 0 Å². The maximum absolute atomic E-state index is 14.1. The fourth-order valence-corrected chi connectivity index (χ4v) is 4.57. The summed E-state index contributed by atoms with van der Waals surface area (Å²) in [7, 11) is 1.30. The zero-order valence-corrected chi connectivity index (χ0v) is 20.0. The second kappa shape index (κ2) is 9.42. The number of nitrogens with two attached hydrogens (primary N) is 1. The van der Waals surface area contributed by atoms with Crippen LogP contribution < -0.4 is 15.2 Å². The molecule has 0 bridgehead atoms. The Hall–Kier alpha value is -4.07. The van der Waals surface area contributed by atoms with Crippen molar-refractivity contribution in [1.82, 2.24) is 0 Å². The van der Waals surface area contributed by atoms with E-state index in [0.29, 0.717) is 17.7 Å². The molecule has 0 spiro atoms. The molecule has 0 aromatic heterocycles. The number of hydrogen-bond donors (Lipinski definition) is 1. The molecule has 0 saturated carbocycles. The average Bonchev–Trinajstić information content (AvgIpc) is 2.84. The van der Waals surface area contributed by atoms with Gasteiger partial charge in [0.15, 0.2) is 11.5 Å². The summed E-state index contributed by atoms with van der Waals surface area (Å²) in [5.74, 6) is -13.1. The van der Waals surface area contributed by atoms with Crippen molar-refractivity contribution in [3.05, 3.63) is 81.2 Å². The minimum Gasteiger partial charge on any atom is -0.496 e. The molecule has 0 saturated heterocycles. The van der Waals surface area contributed by atoms with Gasteiger partial charge in [0.2, 0.25) is 35.0 Å². The van der Waals surface area contributed by atoms with Crippen molar-refractivity contribution in [2.75, 3.05) is 7.11 Å². The van der Waals surface area contributed by atoms with Crippen molar-refractivity contribution in [3.8, 4) is 17.6 Å². The van der Waals surface area contributed by atoms with E-state index in [0.717, 1.165) is 0 Å². The standard InChI is InChI=1S/C26H21F5N2O4/c1-26(2)7-14(34)18-16(8-26)37-25(33)13(9-32)17(18)11-4-5-15(35-3)12(6-11)10-36-24-22(30)20(28)19(27)21(29)23(24)31/h4-6,17H,7-8,10,33H2,1-3H3. The van der Waals surface area contributed by atoms with Crippen LogP contribution in [-0.2, 0) is 16.1 Å². The van der Waals surface area contributed by atoms with Gasteiger partial charge < -0.3 is 19.9 Å². The highest BCUT2D eigenvalue weighted by Gasteiger charge is 2.43. The van der Waals surface area contributed by atoms with Crippen molar-refractivity contribution < 1.29 is 41.0 Å². The van der Waals surface area contributed by atoms with Crippen LogP contribution in [-0.4, -0.2) is 12.9 Å². The van der Waals surface area contributed by atoms with E-state index in [9.17, 15) is 32.0 Å². The highest BCUT2D eigenvalue weighted by atomic mass is 19.2. The van der Waals surface area contributed by atoms with Gasteiger partial charge in [-0.05, 0) is 23.1 Å². The SMILES string of the molecule is COc1ccc(C2C(C#N)=C(N)OC3=C2C(=O)CC(C)(C)C3)cc1COc1c(F)c(F)c(F)c(F)c1F. The van der Waals surface area contributed by atoms with Crippen LogP contribution in [0.15, 0.2) is 41.0 Å². The van der Waals surface area contributed by atoms with Gasteiger partial charge in [-0.3, -0.25) is 4.79 Å². The lowest BCUT2D eigenvalue weighted by atomic mass is 9.70. The van der Waals surface area contributed by atoms with Crippen molar-refractivity contribution in [2.24, 2.45) is 11.1 Å². The highest BCUT2D eigenvalue weighted by molar-refractivity contribution is 6.00. The van der Waals surface area contributed by atoms with Crippen molar-refractivity contribution in [2.45, 2.75) is 39.2 Å². The van der Waals surface area contributed by atoms with E-state index in [-0.39, 0.29) is 40.5 Å². The minimum absolute atomic E-state index is 0.0105. The van der Waals surface area contributed by atoms with Gasteiger partial charge in [-0.2, -0.15) is 14.0 Å². The molecule has 1 heterocycles. The Labute approximate surface area is 208 Å². The van der Waals surface area contributed by atoms with Crippen LogP contribution in [0.3, 0.4) is 0 Å². The molecule has 37 heavy (non-hydrogen) atoms. The minimum atomic E-state index is -2.31. The lowest BCUT2D eigenvalue weighted by Gasteiger charge is -2.37. The Kier molecular flexibility index (Phi) is 6.62. The molecule has 2 aromatic carbocycles. The smallest absolute Gasteiger partial charge is 0.207 e. The first-order valence-electron chi connectivity index (χ1n) is 11.0. The summed E-state index contributed by atoms with van der Waals surface area (Å²) < 4.78 is 84.6. The number of nitrogens with zero attached hydrogens (tertiary/aromatic N) is 1. The maximum atomic E-state index is 14.1. The number of benzene rings is 2. The molecule has 194 valence electrons. The number of Topliss-reactive ketones (excluding diaryl/α,β-unsaturated/α-hetero) is 1. The lowest BCUT2D eigenvalue weighted by molar-refractivity contribution is -0.119. The average molecular weight is 520 g/mol. The van der Waals surface area contributed by atoms with Crippen LogP contribution in [0.1, 0.15) is 43.7 Å². The predicted octanol–water partition coefficient (Wildman–Crippen LogP) is 5.42. The number of hydrogen-bond acceptors (Lipinski definition) is 6. The number of carbonyl (C=O) groups excluding carboxylic acids is 1. The van der Waals surface area contributed by atoms with Crippen molar-refractivity contribution >= 4 is 5.78 Å². The molecule has 11 heteroatoms. The lowest BCUT2D eigenvalue weighted by Crippen LogP contribution is -2.33. The fourth-order valence-electron chi connectivity index (χ4n) is 4.57. The number of methoxy groups -OCH3 is 1. The van der Waals surface area contributed by atoms with Gasteiger partial charge in [0.25, 0.3) is 0 Å². The fraction of sp³-hybridized carbons (Fsp3) is 0.308. The third kappa shape index (κ3) is 4.48. The first-order chi connectivity index (χ1) is 17.4. The van der Waals surface area contributed by atoms with Crippen LogP contribution in [0.5, 0.6) is 11.5 Å². The molecule has 2 aliphatic rings. The molecule has 1 unspecified atom stereocenters. The van der Waals surface area contributed by atoms with Crippen LogP contribution in [0.4, 0.5) is 22.0 Å². The summed E-state index contributed by atoms with van der Waals surface area (Å²) in [5.41, 5.74) is 6.42. The second-order valence-corrected chi connectivity index (χ2v) is 9.46. The second-order valence-electron chi connectivity index (χ2n) is 9.46. The van der Waals surface area contributed by atoms with Crippen molar-refractivity contribution in [3.63, 3.8) is 0 Å². The molecule has 1 aliphatic heterocycles. The maximum Gasteiger partial charge on any atom is 0.207 e. The number of carbonyl (C=O) groups is 1. The number of ether oxygens (including phenoxy) is 3. The number of nitriles is 1. The summed E-state index contributed by atoms with van der Waals surface area (Å²) in [4.78, 5) is 13.1. The zero-order valence-electron chi connectivity index (χ0n) is 20.0. The Morgan fingerprint density at radius 2 is 1.70 bits per heavy atom. The summed E-state index contributed by atoms with van der Waals surface area (Å²) in [6.45, 7) is 3.14. The number of allylic oxidation sites excluding steroid dienone is 3. The quantitative estimate of drug-likeness (QED) is 0.322. The molecule has 6 nitrogen and oxygen atoms in total. The van der Waals surface area contributed by atoms with Gasteiger partial charge >= 0.3 is 0 Å². The summed E-state index contributed by atoms with van der Waals surface area (Å²) in [6, 6.07) is 6.46. The van der Waals surface area contributed by atoms with Gasteiger partial charge in [0.05, 0.1) is 13.0 Å². The van der Waals surface area contributed by atoms with E-state index in [1.54, 1.807) is 6.07 Å². The largest absolute Gasteiger partial charge is 0.496 e. The van der Waals surface area contributed by atoms with E-state index in [1.807, 2.05) is 19.9 Å². The molecule has 0 fully saturated rings. The van der Waals surface area contributed by atoms with Crippen LogP contribution in [0.25, 0.3) is 0 Å². The predicted molar refractivity (Wildman–Crippen MR) is 119 cm³/mol. The van der Waals surface area contributed by atoms with Crippen molar-refractivity contribution in [1.29, 1.82) is 5.26 Å². The molecule has 4 rings (SSSR count). The van der Waals surface area contributed by atoms with E-state index in [1.165, 1.54) is 19.2 Å². The molecule has 0 amide bonds. The van der Waals surface area contributed by atoms with E-state index in [2.05, 4.69) is 0 Å². The number of rotatable bonds is 5. The molecule has 1 atom stereocenters. The molecular weight excluding hydrogens is 499 g/mol. The van der Waals surface area contributed by atoms with Gasteiger partial charge in [0, 0.05) is 24.0 Å². The molecular formula is C26H21F5N2O4. The number of halogens is 5. The molecule has 2 N–H and O–H groups in total. The first-order valence-corrected chi connectivity index (χ1v) is 11.0. The monoisotopic (exact) mass is 520 g/mol. The van der Waals surface area contributed by atoms with E-state index >= 15 is 0 Å². The molecule has 1 aliphatic carbocycles. The topological polar surface area (TPSA) is 94.6 Å². The molecule has 0 radical (unpaired) electrons. The van der Waals surface area contributed by atoms with E-state index < -0.39 is 52.8 Å². The Balaban J connectivity index is 1.78. The highest BCUT2D eigenvalue weighted by Crippen LogP contribution is 2.48. The first kappa shape index (κ1) is 26.0. The Bertz CT molecular complexity index is 1400. The normalized spacial score (nSPS) is 18.8. The molecule has 2 aromatic rings. The van der Waals surface area contributed by atoms with Crippen LogP contribution >= 0.6 is 0 Å². The van der Waals surface area contributed by atoms with Crippen LogP contribution in [0, 0.1) is 45.8 Å². The van der Waals surface area contributed by atoms with E-state index in [4.69, 9.17) is 19.9 Å². The summed E-state index contributed by atoms with van der Waals surface area (Å²) >= 11 is 0. The Morgan fingerprint density at radius 1 is 1.08 bits per heavy atom. The zero-order chi connectivity index (χ0) is 27.2. The number of ketones is 1. The third-order valence-corrected chi connectivity index (χ3v) is 6.25. The van der Waals surface area contributed by atoms with Gasteiger partial charge in [-0.1, -0.05) is 19.9 Å². The third-order valence-electron chi connectivity index (χ3n) is 6.25. The van der Waals surface area contributed by atoms with Gasteiger partial charge in [-0.15, -0.1) is 0 Å². The van der Waals surface area contributed by atoms with Gasteiger partial charge in [-0.25, -0.2) is 13.2 Å². The Morgan fingerprint density at radius 3 is 2.30 bits per heavy atom.